The van der Waals surface area contributed by atoms with Gasteiger partial charge < -0.3 is 9.47 Å². The summed E-state index contributed by atoms with van der Waals surface area (Å²) in [5, 5.41) is 0. The average molecular weight is 297 g/mol. The largest absolute Gasteiger partial charge is 0.497 e. The first-order valence-electron chi connectivity index (χ1n) is 4.80. The van der Waals surface area contributed by atoms with Crippen molar-refractivity contribution in [3.05, 3.63) is 33.8 Å². The van der Waals surface area contributed by atoms with E-state index in [0.29, 0.717) is 17.1 Å². The fourth-order valence-corrected chi connectivity index (χ4v) is 2.08. The molecule has 0 saturated carbocycles. The van der Waals surface area contributed by atoms with Crippen molar-refractivity contribution < 1.29 is 19.1 Å². The molecule has 5 heteroatoms. The Labute approximate surface area is 106 Å². The predicted molar refractivity (Wildman–Crippen MR) is 65.2 cm³/mol. The molecule has 0 amide bonds. The zero-order valence-corrected chi connectivity index (χ0v) is 10.8. The second-order valence-corrected chi connectivity index (χ2v) is 4.29. The summed E-state index contributed by atoms with van der Waals surface area (Å²) >= 11 is 3.07. The van der Waals surface area contributed by atoms with Crippen LogP contribution in [0.2, 0.25) is 0 Å². The molecule has 0 heterocycles. The topological polar surface area (TPSA) is 52.6 Å². The van der Waals surface area contributed by atoms with E-state index in [0.717, 1.165) is 0 Å². The van der Waals surface area contributed by atoms with Gasteiger partial charge in [0.05, 0.1) is 24.3 Å². The molecular formula is C12H9BrO4. The maximum Gasteiger partial charge on any atom is 0.204 e. The van der Waals surface area contributed by atoms with Crippen molar-refractivity contribution in [2.75, 3.05) is 14.2 Å². The van der Waals surface area contributed by atoms with Gasteiger partial charge in [-0.25, -0.2) is 0 Å². The monoisotopic (exact) mass is 296 g/mol. The lowest BCUT2D eigenvalue weighted by Crippen LogP contribution is -2.16. The van der Waals surface area contributed by atoms with E-state index in [1.165, 1.54) is 26.4 Å². The summed E-state index contributed by atoms with van der Waals surface area (Å²) in [6.07, 6.45) is 1.25. The Morgan fingerprint density at radius 2 is 1.82 bits per heavy atom. The second kappa shape index (κ2) is 4.33. The molecule has 0 atom stereocenters. The van der Waals surface area contributed by atoms with Gasteiger partial charge in [-0.15, -0.1) is 0 Å². The number of rotatable bonds is 2. The van der Waals surface area contributed by atoms with Gasteiger partial charge in [0, 0.05) is 17.7 Å². The summed E-state index contributed by atoms with van der Waals surface area (Å²) in [6, 6.07) is 3.11. The van der Waals surface area contributed by atoms with Crippen LogP contribution in [0, 0.1) is 0 Å². The smallest absolute Gasteiger partial charge is 0.204 e. The molecule has 88 valence electrons. The standard InChI is InChI=1S/C12H9BrO4/c1-16-6-3-7-9(14)5-8(13)12(15)11(7)10(4-6)17-2/h3-5H,1-2H3. The Balaban J connectivity index is 2.73. The van der Waals surface area contributed by atoms with E-state index in [4.69, 9.17) is 9.47 Å². The molecule has 1 aromatic carbocycles. The molecule has 0 radical (unpaired) electrons. The number of carbonyl (C=O) groups is 2. The van der Waals surface area contributed by atoms with Crippen LogP contribution >= 0.6 is 15.9 Å². The van der Waals surface area contributed by atoms with Gasteiger partial charge in [0.1, 0.15) is 11.5 Å². The first kappa shape index (κ1) is 11.9. The summed E-state index contributed by atoms with van der Waals surface area (Å²) in [5.74, 6) is 0.304. The van der Waals surface area contributed by atoms with Crippen molar-refractivity contribution >= 4 is 27.5 Å². The van der Waals surface area contributed by atoms with Crippen molar-refractivity contribution in [1.29, 1.82) is 0 Å². The van der Waals surface area contributed by atoms with Crippen molar-refractivity contribution in [3.63, 3.8) is 0 Å². The van der Waals surface area contributed by atoms with E-state index < -0.39 is 0 Å². The number of ether oxygens (including phenoxy) is 2. The maximum absolute atomic E-state index is 12.0. The van der Waals surface area contributed by atoms with Crippen LogP contribution in [-0.4, -0.2) is 25.8 Å². The van der Waals surface area contributed by atoms with E-state index in [1.807, 2.05) is 0 Å². The number of benzene rings is 1. The first-order valence-corrected chi connectivity index (χ1v) is 5.60. The number of ketones is 2. The third-order valence-corrected chi connectivity index (χ3v) is 3.09. The molecule has 0 saturated heterocycles. The minimum absolute atomic E-state index is 0.235. The van der Waals surface area contributed by atoms with Crippen LogP contribution in [0.1, 0.15) is 20.7 Å². The van der Waals surface area contributed by atoms with Crippen LogP contribution in [0.5, 0.6) is 11.5 Å². The molecule has 0 aliphatic heterocycles. The number of hydrogen-bond acceptors (Lipinski definition) is 4. The average Bonchev–Trinajstić information content (AvgIpc) is 2.34. The quantitative estimate of drug-likeness (QED) is 0.841. The fraction of sp³-hybridized carbons (Fsp3) is 0.167. The summed E-state index contributed by atoms with van der Waals surface area (Å²) in [6.45, 7) is 0. The van der Waals surface area contributed by atoms with Crippen molar-refractivity contribution in [2.45, 2.75) is 0 Å². The number of allylic oxidation sites excluding steroid dienone is 2. The Bertz CT molecular complexity index is 546. The molecule has 0 unspecified atom stereocenters. The number of Topliss-reactive ketones (excluding diaryl/α,β-unsaturated/α-hetero) is 1. The SMILES string of the molecule is COc1cc(OC)c2c(c1)C(=O)C=C(Br)C2=O. The third-order valence-electron chi connectivity index (χ3n) is 2.50. The summed E-state index contributed by atoms with van der Waals surface area (Å²) in [5.41, 5.74) is 0.571. The number of methoxy groups -OCH3 is 2. The molecule has 1 aliphatic rings. The van der Waals surface area contributed by atoms with Crippen LogP contribution in [-0.2, 0) is 0 Å². The summed E-state index contributed by atoms with van der Waals surface area (Å²) in [7, 11) is 2.93. The van der Waals surface area contributed by atoms with Gasteiger partial charge in [0.25, 0.3) is 0 Å². The molecule has 0 N–H and O–H groups in total. The maximum atomic E-state index is 12.0. The van der Waals surface area contributed by atoms with Gasteiger partial charge in [0.15, 0.2) is 5.78 Å². The molecule has 17 heavy (non-hydrogen) atoms. The van der Waals surface area contributed by atoms with E-state index in [-0.39, 0.29) is 21.6 Å². The lowest BCUT2D eigenvalue weighted by molar-refractivity contribution is 0.0989. The van der Waals surface area contributed by atoms with Crippen LogP contribution in [0.3, 0.4) is 0 Å². The third kappa shape index (κ3) is 1.86. The van der Waals surface area contributed by atoms with E-state index in [1.54, 1.807) is 6.07 Å². The van der Waals surface area contributed by atoms with Gasteiger partial charge in [-0.3, -0.25) is 9.59 Å². The minimum Gasteiger partial charge on any atom is -0.497 e. The number of fused-ring (bicyclic) bond motifs is 1. The lowest BCUT2D eigenvalue weighted by atomic mass is 9.93. The molecule has 4 nitrogen and oxygen atoms in total. The van der Waals surface area contributed by atoms with Gasteiger partial charge >= 0.3 is 0 Å². The Morgan fingerprint density at radius 1 is 1.12 bits per heavy atom. The van der Waals surface area contributed by atoms with Crippen LogP contribution in [0.15, 0.2) is 22.7 Å². The fourth-order valence-electron chi connectivity index (χ4n) is 1.68. The summed E-state index contributed by atoms with van der Waals surface area (Å²) in [4.78, 5) is 23.8. The molecule has 1 aliphatic carbocycles. The molecule has 0 bridgehead atoms. The molecule has 1 aromatic rings. The number of carbonyl (C=O) groups excluding carboxylic acids is 2. The normalized spacial score (nSPS) is 14.2. The number of halogens is 1. The van der Waals surface area contributed by atoms with Crippen molar-refractivity contribution in [2.24, 2.45) is 0 Å². The zero-order chi connectivity index (χ0) is 12.6. The minimum atomic E-state index is -0.265. The van der Waals surface area contributed by atoms with Gasteiger partial charge in [-0.2, -0.15) is 0 Å². The lowest BCUT2D eigenvalue weighted by Gasteiger charge is -2.16. The highest BCUT2D eigenvalue weighted by atomic mass is 79.9. The van der Waals surface area contributed by atoms with Crippen LogP contribution < -0.4 is 9.47 Å². The molecule has 0 fully saturated rings. The number of hydrogen-bond donors (Lipinski definition) is 0. The van der Waals surface area contributed by atoms with Crippen LogP contribution in [0.4, 0.5) is 0 Å². The molecular weight excluding hydrogens is 288 g/mol. The Kier molecular flexibility index (Phi) is 3.02. The van der Waals surface area contributed by atoms with Gasteiger partial charge in [-0.05, 0) is 22.0 Å². The van der Waals surface area contributed by atoms with E-state index >= 15 is 0 Å². The second-order valence-electron chi connectivity index (χ2n) is 3.44. The van der Waals surface area contributed by atoms with Gasteiger partial charge in [-0.1, -0.05) is 0 Å². The Morgan fingerprint density at radius 3 is 2.41 bits per heavy atom. The highest BCUT2D eigenvalue weighted by Gasteiger charge is 2.28. The molecule has 0 aromatic heterocycles. The van der Waals surface area contributed by atoms with Crippen molar-refractivity contribution in [1.82, 2.24) is 0 Å². The van der Waals surface area contributed by atoms with E-state index in [2.05, 4.69) is 15.9 Å². The molecule has 0 spiro atoms. The summed E-state index contributed by atoms with van der Waals surface area (Å²) < 4.78 is 10.4. The molecule has 2 rings (SSSR count). The van der Waals surface area contributed by atoms with Crippen LogP contribution in [0.25, 0.3) is 0 Å². The van der Waals surface area contributed by atoms with E-state index in [9.17, 15) is 9.59 Å². The highest BCUT2D eigenvalue weighted by molar-refractivity contribution is 9.12. The first-order chi connectivity index (χ1) is 8.08. The zero-order valence-electron chi connectivity index (χ0n) is 9.24. The highest BCUT2D eigenvalue weighted by Crippen LogP contribution is 2.35. The predicted octanol–water partition coefficient (Wildman–Crippen LogP) is 2.36. The van der Waals surface area contributed by atoms with Gasteiger partial charge in [0.2, 0.25) is 5.78 Å². The Hall–Kier alpha value is -1.62. The van der Waals surface area contributed by atoms with Crippen molar-refractivity contribution in [3.8, 4) is 11.5 Å².